The maximum absolute atomic E-state index is 12.7. The lowest BCUT2D eigenvalue weighted by atomic mass is 10.00. The molecule has 1 heterocycles. The van der Waals surface area contributed by atoms with Crippen LogP contribution in [0.4, 0.5) is 21.9 Å². The minimum absolute atomic E-state index is 0.0425. The third-order valence-corrected chi connectivity index (χ3v) is 6.76. The Morgan fingerprint density at radius 2 is 1.81 bits per heavy atom. The number of anilines is 3. The summed E-state index contributed by atoms with van der Waals surface area (Å²) in [6, 6.07) is 11.8. The summed E-state index contributed by atoms with van der Waals surface area (Å²) in [5.74, 6) is -0.0425. The van der Waals surface area contributed by atoms with E-state index in [0.29, 0.717) is 41.0 Å². The van der Waals surface area contributed by atoms with Gasteiger partial charge in [-0.15, -0.1) is 0 Å². The van der Waals surface area contributed by atoms with Gasteiger partial charge < -0.3 is 10.0 Å². The second kappa shape index (κ2) is 9.17. The lowest BCUT2D eigenvalue weighted by Crippen LogP contribution is -2.51. The van der Waals surface area contributed by atoms with Crippen LogP contribution in [0.3, 0.4) is 0 Å². The predicted octanol–water partition coefficient (Wildman–Crippen LogP) is 3.59. The molecule has 1 aliphatic rings. The number of amides is 2. The Morgan fingerprint density at radius 3 is 2.44 bits per heavy atom. The number of fused-ring (bicyclic) bond motifs is 1. The van der Waals surface area contributed by atoms with Gasteiger partial charge in [0.1, 0.15) is 0 Å². The SMILES string of the molecule is CCCC(=O)N1c2ccc(-c3cccc(NS(=O)(=O)N(C)C)c3)cc2N(C(=O)O)C[C@@H]1C. The van der Waals surface area contributed by atoms with Crippen LogP contribution in [-0.2, 0) is 15.0 Å². The van der Waals surface area contributed by atoms with E-state index < -0.39 is 16.3 Å². The zero-order valence-electron chi connectivity index (χ0n) is 18.6. The normalized spacial score (nSPS) is 16.1. The van der Waals surface area contributed by atoms with Crippen LogP contribution in [0.2, 0.25) is 0 Å². The molecule has 0 bridgehead atoms. The minimum atomic E-state index is -3.66. The number of hydrogen-bond acceptors (Lipinski definition) is 4. The average Bonchev–Trinajstić information content (AvgIpc) is 2.72. The van der Waals surface area contributed by atoms with Crippen molar-refractivity contribution >= 4 is 39.3 Å². The van der Waals surface area contributed by atoms with Crippen molar-refractivity contribution in [3.63, 3.8) is 0 Å². The highest BCUT2D eigenvalue weighted by Gasteiger charge is 2.34. The van der Waals surface area contributed by atoms with E-state index >= 15 is 0 Å². The Kier molecular flexibility index (Phi) is 6.75. The van der Waals surface area contributed by atoms with Crippen LogP contribution in [0.1, 0.15) is 26.7 Å². The fourth-order valence-electron chi connectivity index (χ4n) is 3.70. The second-order valence-electron chi connectivity index (χ2n) is 7.93. The number of nitrogens with zero attached hydrogens (tertiary/aromatic N) is 3. The van der Waals surface area contributed by atoms with Crippen molar-refractivity contribution in [1.29, 1.82) is 0 Å². The first-order valence-electron chi connectivity index (χ1n) is 10.3. The molecule has 0 spiro atoms. The first kappa shape index (κ1) is 23.6. The third-order valence-electron chi connectivity index (χ3n) is 5.30. The van der Waals surface area contributed by atoms with Crippen LogP contribution in [0, 0.1) is 0 Å². The Morgan fingerprint density at radius 1 is 1.12 bits per heavy atom. The van der Waals surface area contributed by atoms with Crippen molar-refractivity contribution in [1.82, 2.24) is 4.31 Å². The van der Waals surface area contributed by atoms with Gasteiger partial charge in [-0.2, -0.15) is 12.7 Å². The molecule has 2 N–H and O–H groups in total. The number of carbonyl (C=O) groups excluding carboxylic acids is 1. The highest BCUT2D eigenvalue weighted by molar-refractivity contribution is 7.90. The predicted molar refractivity (Wildman–Crippen MR) is 125 cm³/mol. The molecule has 0 saturated heterocycles. The average molecular weight is 461 g/mol. The minimum Gasteiger partial charge on any atom is -0.465 e. The van der Waals surface area contributed by atoms with Crippen molar-refractivity contribution in [3.8, 4) is 11.1 Å². The van der Waals surface area contributed by atoms with Gasteiger partial charge in [-0.1, -0.05) is 25.1 Å². The largest absolute Gasteiger partial charge is 0.465 e. The van der Waals surface area contributed by atoms with Gasteiger partial charge in [0.2, 0.25) is 5.91 Å². The maximum atomic E-state index is 12.7. The van der Waals surface area contributed by atoms with Crippen molar-refractivity contribution < 1.29 is 23.1 Å². The lowest BCUT2D eigenvalue weighted by molar-refractivity contribution is -0.119. The molecule has 3 rings (SSSR count). The van der Waals surface area contributed by atoms with E-state index in [1.54, 1.807) is 35.2 Å². The molecule has 172 valence electrons. The van der Waals surface area contributed by atoms with Gasteiger partial charge in [-0.05, 0) is 48.7 Å². The van der Waals surface area contributed by atoms with E-state index in [9.17, 15) is 23.1 Å². The molecule has 32 heavy (non-hydrogen) atoms. The molecule has 0 fully saturated rings. The van der Waals surface area contributed by atoms with E-state index in [-0.39, 0.29) is 18.5 Å². The van der Waals surface area contributed by atoms with Crippen molar-refractivity contribution in [2.24, 2.45) is 0 Å². The quantitative estimate of drug-likeness (QED) is 0.685. The highest BCUT2D eigenvalue weighted by Crippen LogP contribution is 2.39. The smallest absolute Gasteiger partial charge is 0.411 e. The van der Waals surface area contributed by atoms with Crippen molar-refractivity contribution in [2.75, 3.05) is 35.2 Å². The van der Waals surface area contributed by atoms with Crippen LogP contribution in [-0.4, -0.2) is 56.5 Å². The molecule has 0 saturated carbocycles. The van der Waals surface area contributed by atoms with E-state index in [1.807, 2.05) is 26.0 Å². The summed E-state index contributed by atoms with van der Waals surface area (Å²) < 4.78 is 27.9. The molecule has 0 radical (unpaired) electrons. The van der Waals surface area contributed by atoms with Crippen LogP contribution < -0.4 is 14.5 Å². The number of carboxylic acid groups (broad SMARTS) is 1. The van der Waals surface area contributed by atoms with Gasteiger partial charge in [-0.25, -0.2) is 4.79 Å². The molecule has 2 aromatic rings. The number of rotatable bonds is 6. The first-order valence-corrected chi connectivity index (χ1v) is 11.8. The van der Waals surface area contributed by atoms with Crippen LogP contribution in [0.15, 0.2) is 42.5 Å². The zero-order chi connectivity index (χ0) is 23.6. The molecular weight excluding hydrogens is 432 g/mol. The Bertz CT molecular complexity index is 1130. The van der Waals surface area contributed by atoms with Gasteiger partial charge in [0.05, 0.1) is 23.1 Å². The highest BCUT2D eigenvalue weighted by atomic mass is 32.2. The molecule has 1 aliphatic heterocycles. The Hall–Kier alpha value is -3.11. The van der Waals surface area contributed by atoms with Crippen molar-refractivity contribution in [2.45, 2.75) is 32.7 Å². The topological polar surface area (TPSA) is 110 Å². The molecular formula is C22H28N4O5S. The van der Waals surface area contributed by atoms with Crippen LogP contribution >= 0.6 is 0 Å². The fraction of sp³-hybridized carbons (Fsp3) is 0.364. The molecule has 0 aromatic heterocycles. The summed E-state index contributed by atoms with van der Waals surface area (Å²) in [6.07, 6.45) is -0.00852. The van der Waals surface area contributed by atoms with E-state index in [1.165, 1.54) is 19.0 Å². The van der Waals surface area contributed by atoms with Gasteiger partial charge in [0.15, 0.2) is 0 Å². The van der Waals surface area contributed by atoms with E-state index in [0.717, 1.165) is 4.31 Å². The summed E-state index contributed by atoms with van der Waals surface area (Å²) in [5.41, 5.74) is 2.78. The monoisotopic (exact) mass is 460 g/mol. The number of hydrogen-bond donors (Lipinski definition) is 2. The van der Waals surface area contributed by atoms with Gasteiger partial charge in [0, 0.05) is 27.1 Å². The van der Waals surface area contributed by atoms with Gasteiger partial charge >= 0.3 is 16.3 Å². The van der Waals surface area contributed by atoms with E-state index in [2.05, 4.69) is 4.72 Å². The molecule has 9 nitrogen and oxygen atoms in total. The van der Waals surface area contributed by atoms with Gasteiger partial charge in [0.25, 0.3) is 0 Å². The standard InChI is InChI=1S/C22H28N4O5S/c1-5-7-21(27)26-15(2)14-25(22(28)29)20-13-17(10-11-19(20)26)16-8-6-9-18(12-16)23-32(30,31)24(3)4/h6,8-13,15,23H,5,7,14H2,1-4H3,(H,28,29)/t15-/m0/s1. The van der Waals surface area contributed by atoms with Crippen LogP contribution in [0.5, 0.6) is 0 Å². The molecule has 2 amide bonds. The Labute approximate surface area is 188 Å². The van der Waals surface area contributed by atoms with E-state index in [4.69, 9.17) is 0 Å². The fourth-order valence-corrected chi connectivity index (χ4v) is 4.31. The second-order valence-corrected chi connectivity index (χ2v) is 9.81. The van der Waals surface area contributed by atoms with Crippen LogP contribution in [0.25, 0.3) is 11.1 Å². The number of carbonyl (C=O) groups is 2. The summed E-state index contributed by atoms with van der Waals surface area (Å²) >= 11 is 0. The lowest BCUT2D eigenvalue weighted by Gasteiger charge is -2.40. The maximum Gasteiger partial charge on any atom is 0.411 e. The summed E-state index contributed by atoms with van der Waals surface area (Å²) in [7, 11) is -0.793. The zero-order valence-corrected chi connectivity index (χ0v) is 19.4. The summed E-state index contributed by atoms with van der Waals surface area (Å²) in [4.78, 5) is 27.6. The molecule has 10 heteroatoms. The molecule has 0 unspecified atom stereocenters. The van der Waals surface area contributed by atoms with Crippen molar-refractivity contribution in [3.05, 3.63) is 42.5 Å². The number of benzene rings is 2. The summed E-state index contributed by atoms with van der Waals surface area (Å²) in [5, 5.41) is 9.76. The Balaban J connectivity index is 2.05. The summed E-state index contributed by atoms with van der Waals surface area (Å²) in [6.45, 7) is 3.93. The molecule has 0 aliphatic carbocycles. The molecule has 1 atom stereocenters. The third kappa shape index (κ3) is 4.71. The first-order chi connectivity index (χ1) is 15.0. The molecule has 2 aromatic carbocycles. The van der Waals surface area contributed by atoms with Gasteiger partial charge in [-0.3, -0.25) is 14.4 Å². The number of nitrogens with one attached hydrogen (secondary N) is 1.